The van der Waals surface area contributed by atoms with Crippen LogP contribution in [0.25, 0.3) is 0 Å². The fraction of sp³-hybridized carbons (Fsp3) is 0.900. The molecule has 0 aliphatic heterocycles. The van der Waals surface area contributed by atoms with Crippen molar-refractivity contribution in [1.82, 2.24) is 5.32 Å². The summed E-state index contributed by atoms with van der Waals surface area (Å²) in [6, 6.07) is 0.425. The van der Waals surface area contributed by atoms with Crippen LogP contribution in [-0.4, -0.2) is 18.4 Å². The first kappa shape index (κ1) is 11.6. The van der Waals surface area contributed by atoms with Gasteiger partial charge in [-0.3, -0.25) is 4.79 Å². The molecule has 0 aromatic carbocycles. The van der Waals surface area contributed by atoms with Crippen LogP contribution in [0.1, 0.15) is 41.0 Å². The lowest BCUT2D eigenvalue weighted by Gasteiger charge is -2.23. The van der Waals surface area contributed by atoms with Crippen LogP contribution in [0.2, 0.25) is 0 Å². The maximum Gasteiger partial charge on any atom is 0.143 e. The third-order valence-electron chi connectivity index (χ3n) is 1.62. The molecule has 0 saturated carbocycles. The molecule has 0 aliphatic carbocycles. The van der Waals surface area contributed by atoms with Gasteiger partial charge >= 0.3 is 0 Å². The minimum absolute atomic E-state index is 0.204. The van der Waals surface area contributed by atoms with E-state index in [-0.39, 0.29) is 5.78 Å². The summed E-state index contributed by atoms with van der Waals surface area (Å²) in [6.07, 6.45) is 1.10. The van der Waals surface area contributed by atoms with Crippen molar-refractivity contribution >= 4 is 5.78 Å². The Morgan fingerprint density at radius 3 is 2.25 bits per heavy atom. The van der Waals surface area contributed by atoms with E-state index in [9.17, 15) is 4.79 Å². The van der Waals surface area contributed by atoms with Gasteiger partial charge in [0.1, 0.15) is 5.78 Å². The van der Waals surface area contributed by atoms with Crippen molar-refractivity contribution in [3.63, 3.8) is 0 Å². The van der Waals surface area contributed by atoms with E-state index in [2.05, 4.69) is 33.0 Å². The zero-order chi connectivity index (χ0) is 9.78. The Bertz CT molecular complexity index is 146. The number of carbonyl (C=O) groups is 1. The van der Waals surface area contributed by atoms with Crippen molar-refractivity contribution in [3.05, 3.63) is 0 Å². The van der Waals surface area contributed by atoms with E-state index in [0.717, 1.165) is 6.42 Å². The lowest BCUT2D eigenvalue weighted by Crippen LogP contribution is -2.33. The summed E-state index contributed by atoms with van der Waals surface area (Å²) in [5, 5.41) is 3.19. The van der Waals surface area contributed by atoms with Gasteiger partial charge < -0.3 is 5.32 Å². The van der Waals surface area contributed by atoms with Gasteiger partial charge in [-0.2, -0.15) is 0 Å². The highest BCUT2D eigenvalue weighted by Gasteiger charge is 2.14. The van der Waals surface area contributed by atoms with Crippen LogP contribution in [0.3, 0.4) is 0 Å². The van der Waals surface area contributed by atoms with Gasteiger partial charge in [-0.05, 0) is 25.7 Å². The van der Waals surface area contributed by atoms with Crippen LogP contribution in [-0.2, 0) is 4.79 Å². The van der Waals surface area contributed by atoms with E-state index in [1.807, 2.05) is 0 Å². The van der Waals surface area contributed by atoms with Gasteiger partial charge in [0.25, 0.3) is 0 Å². The van der Waals surface area contributed by atoms with Gasteiger partial charge in [0.2, 0.25) is 0 Å². The maximum atomic E-state index is 10.7. The molecule has 0 bridgehead atoms. The van der Waals surface area contributed by atoms with Crippen molar-refractivity contribution < 1.29 is 4.79 Å². The van der Waals surface area contributed by atoms with E-state index in [4.69, 9.17) is 0 Å². The number of Topliss-reactive ketones (excluding diaryl/α,β-unsaturated/α-hetero) is 1. The predicted octanol–water partition coefficient (Wildman–Crippen LogP) is 1.99. The smallest absolute Gasteiger partial charge is 0.143 e. The summed E-state index contributed by atoms with van der Waals surface area (Å²) < 4.78 is 0. The molecule has 0 aromatic heterocycles. The Morgan fingerprint density at radius 2 is 1.92 bits per heavy atom. The first-order chi connectivity index (χ1) is 5.31. The second kappa shape index (κ2) is 4.61. The average molecular weight is 171 g/mol. The molecule has 0 fully saturated rings. The highest BCUT2D eigenvalue weighted by molar-refractivity contribution is 5.77. The largest absolute Gasteiger partial charge is 0.307 e. The predicted molar refractivity (Wildman–Crippen MR) is 52.2 cm³/mol. The molecule has 0 saturated heterocycles. The van der Waals surface area contributed by atoms with Crippen LogP contribution in [0.15, 0.2) is 0 Å². The number of hydrogen-bond acceptors (Lipinski definition) is 2. The minimum Gasteiger partial charge on any atom is -0.307 e. The van der Waals surface area contributed by atoms with E-state index in [1.54, 1.807) is 6.92 Å². The summed E-state index contributed by atoms with van der Waals surface area (Å²) in [5.74, 6) is 0.204. The first-order valence-electron chi connectivity index (χ1n) is 4.54. The van der Waals surface area contributed by atoms with Gasteiger partial charge in [-0.15, -0.1) is 0 Å². The van der Waals surface area contributed by atoms with Crippen LogP contribution in [0.4, 0.5) is 0 Å². The molecule has 1 N–H and O–H groups in total. The molecule has 72 valence electrons. The molecule has 0 spiro atoms. The normalized spacial score (nSPS) is 14.4. The highest BCUT2D eigenvalue weighted by atomic mass is 16.1. The molecule has 1 unspecified atom stereocenters. The lowest BCUT2D eigenvalue weighted by atomic mass is 9.89. The summed E-state index contributed by atoms with van der Waals surface area (Å²) in [4.78, 5) is 10.7. The third-order valence-corrected chi connectivity index (χ3v) is 1.62. The second-order valence-electron chi connectivity index (χ2n) is 4.75. The molecule has 0 radical (unpaired) electrons. The van der Waals surface area contributed by atoms with Crippen molar-refractivity contribution in [2.24, 2.45) is 5.41 Å². The van der Waals surface area contributed by atoms with Gasteiger partial charge in [-0.1, -0.05) is 20.8 Å². The topological polar surface area (TPSA) is 29.1 Å². The quantitative estimate of drug-likeness (QED) is 0.701. The second-order valence-corrected chi connectivity index (χ2v) is 4.75. The molecule has 1 atom stereocenters. The average Bonchev–Trinajstić information content (AvgIpc) is 1.79. The fourth-order valence-electron chi connectivity index (χ4n) is 1.31. The van der Waals surface area contributed by atoms with E-state index < -0.39 is 0 Å². The third kappa shape index (κ3) is 7.73. The number of nitrogens with one attached hydrogen (secondary N) is 1. The zero-order valence-corrected chi connectivity index (χ0v) is 8.90. The summed E-state index contributed by atoms with van der Waals surface area (Å²) >= 11 is 0. The molecule has 0 amide bonds. The standard InChI is InChI=1S/C10H21NO/c1-8(6-10(3,4)5)11-7-9(2)12/h8,11H,6-7H2,1-5H3. The van der Waals surface area contributed by atoms with Gasteiger partial charge in [0, 0.05) is 6.04 Å². The first-order valence-corrected chi connectivity index (χ1v) is 4.54. The Hall–Kier alpha value is -0.370. The molecular formula is C10H21NO. The minimum atomic E-state index is 0.204. The van der Waals surface area contributed by atoms with E-state index in [1.165, 1.54) is 0 Å². The molecule has 0 aromatic rings. The summed E-state index contributed by atoms with van der Waals surface area (Å²) in [5.41, 5.74) is 0.337. The zero-order valence-electron chi connectivity index (χ0n) is 8.90. The number of rotatable bonds is 4. The summed E-state index contributed by atoms with van der Waals surface area (Å²) in [7, 11) is 0. The molecule has 12 heavy (non-hydrogen) atoms. The van der Waals surface area contributed by atoms with Crippen molar-refractivity contribution in [2.75, 3.05) is 6.54 Å². The highest BCUT2D eigenvalue weighted by Crippen LogP contribution is 2.20. The molecule has 0 heterocycles. The number of ketones is 1. The van der Waals surface area contributed by atoms with Gasteiger partial charge in [-0.25, -0.2) is 0 Å². The molecule has 2 heteroatoms. The molecule has 0 aliphatic rings. The van der Waals surface area contributed by atoms with Gasteiger partial charge in [0.05, 0.1) is 6.54 Å². The number of hydrogen-bond donors (Lipinski definition) is 1. The SMILES string of the molecule is CC(=O)CNC(C)CC(C)(C)C. The van der Waals surface area contributed by atoms with Crippen LogP contribution < -0.4 is 5.32 Å². The molecular weight excluding hydrogens is 150 g/mol. The molecule has 0 rings (SSSR count). The van der Waals surface area contributed by atoms with Gasteiger partial charge in [0.15, 0.2) is 0 Å². The van der Waals surface area contributed by atoms with Crippen LogP contribution in [0, 0.1) is 5.41 Å². The van der Waals surface area contributed by atoms with Crippen LogP contribution in [0.5, 0.6) is 0 Å². The Balaban J connectivity index is 3.60. The van der Waals surface area contributed by atoms with Crippen molar-refractivity contribution in [2.45, 2.75) is 47.1 Å². The maximum absolute atomic E-state index is 10.7. The molecule has 2 nitrogen and oxygen atoms in total. The fourth-order valence-corrected chi connectivity index (χ4v) is 1.31. The van der Waals surface area contributed by atoms with E-state index >= 15 is 0 Å². The Morgan fingerprint density at radius 1 is 1.42 bits per heavy atom. The van der Waals surface area contributed by atoms with Crippen molar-refractivity contribution in [1.29, 1.82) is 0 Å². The van der Waals surface area contributed by atoms with Crippen molar-refractivity contribution in [3.8, 4) is 0 Å². The Labute approximate surface area is 75.7 Å². The lowest BCUT2D eigenvalue weighted by molar-refractivity contribution is -0.116. The number of carbonyl (C=O) groups excluding carboxylic acids is 1. The Kier molecular flexibility index (Phi) is 4.46. The summed E-state index contributed by atoms with van der Waals surface area (Å²) in [6.45, 7) is 10.8. The van der Waals surface area contributed by atoms with Crippen LogP contribution >= 0.6 is 0 Å². The van der Waals surface area contributed by atoms with E-state index in [0.29, 0.717) is 18.0 Å². The monoisotopic (exact) mass is 171 g/mol.